The molecule has 4 nitrogen and oxygen atoms in total. The fourth-order valence-corrected chi connectivity index (χ4v) is 2.76. The van der Waals surface area contributed by atoms with Crippen molar-refractivity contribution >= 4 is 5.91 Å². The summed E-state index contributed by atoms with van der Waals surface area (Å²) in [4.78, 5) is 14.8. The fourth-order valence-electron chi connectivity index (χ4n) is 2.76. The van der Waals surface area contributed by atoms with Gasteiger partial charge in [0.05, 0.1) is 19.2 Å². The minimum atomic E-state index is -0.307. The lowest BCUT2D eigenvalue weighted by molar-refractivity contribution is 0.0713. The molecular formula is C21H20FNO3. The van der Waals surface area contributed by atoms with Crippen LogP contribution < -0.4 is 4.74 Å². The highest BCUT2D eigenvalue weighted by atomic mass is 19.1. The van der Waals surface area contributed by atoms with Crippen LogP contribution in [0.25, 0.3) is 0 Å². The van der Waals surface area contributed by atoms with Crippen LogP contribution in [0, 0.1) is 12.7 Å². The Morgan fingerprint density at radius 1 is 1.04 bits per heavy atom. The van der Waals surface area contributed by atoms with Crippen LogP contribution in [-0.4, -0.2) is 17.9 Å². The average molecular weight is 353 g/mol. The summed E-state index contributed by atoms with van der Waals surface area (Å²) in [5.74, 6) is 1.50. The molecule has 0 saturated carbocycles. The Morgan fingerprint density at radius 3 is 2.42 bits per heavy atom. The number of carbonyl (C=O) groups excluding carboxylic acids is 1. The Hall–Kier alpha value is -3.08. The van der Waals surface area contributed by atoms with E-state index < -0.39 is 0 Å². The van der Waals surface area contributed by atoms with E-state index in [1.807, 2.05) is 25.1 Å². The average Bonchev–Trinajstić information content (AvgIpc) is 3.07. The largest absolute Gasteiger partial charge is 0.496 e. The van der Waals surface area contributed by atoms with E-state index in [9.17, 15) is 9.18 Å². The summed E-state index contributed by atoms with van der Waals surface area (Å²) in [7, 11) is 1.53. The lowest BCUT2D eigenvalue weighted by Gasteiger charge is -2.23. The molecule has 0 bridgehead atoms. The van der Waals surface area contributed by atoms with Crippen molar-refractivity contribution in [2.45, 2.75) is 20.0 Å². The third kappa shape index (κ3) is 4.11. The van der Waals surface area contributed by atoms with Crippen molar-refractivity contribution in [2.24, 2.45) is 0 Å². The van der Waals surface area contributed by atoms with Gasteiger partial charge < -0.3 is 14.1 Å². The molecule has 5 heteroatoms. The van der Waals surface area contributed by atoms with Crippen molar-refractivity contribution < 1.29 is 18.3 Å². The number of hydrogen-bond donors (Lipinski definition) is 0. The Kier molecular flexibility index (Phi) is 5.37. The third-order valence-corrected chi connectivity index (χ3v) is 4.05. The number of nitrogens with zero attached hydrogens (tertiary/aromatic N) is 1. The third-order valence-electron chi connectivity index (χ3n) is 4.05. The topological polar surface area (TPSA) is 42.7 Å². The minimum absolute atomic E-state index is 0.180. The van der Waals surface area contributed by atoms with Gasteiger partial charge in [-0.15, -0.1) is 0 Å². The van der Waals surface area contributed by atoms with Crippen LogP contribution in [0.5, 0.6) is 5.75 Å². The second-order valence-electron chi connectivity index (χ2n) is 6.00. The highest BCUT2D eigenvalue weighted by Gasteiger charge is 2.21. The molecule has 0 spiro atoms. The molecule has 134 valence electrons. The highest BCUT2D eigenvalue weighted by molar-refractivity contribution is 5.96. The van der Waals surface area contributed by atoms with E-state index in [4.69, 9.17) is 9.15 Å². The number of benzene rings is 2. The van der Waals surface area contributed by atoms with Gasteiger partial charge in [0.1, 0.15) is 23.1 Å². The van der Waals surface area contributed by atoms with E-state index in [-0.39, 0.29) is 11.7 Å². The van der Waals surface area contributed by atoms with Gasteiger partial charge >= 0.3 is 0 Å². The van der Waals surface area contributed by atoms with Crippen molar-refractivity contribution in [3.63, 3.8) is 0 Å². The molecule has 0 aliphatic heterocycles. The van der Waals surface area contributed by atoms with Crippen LogP contribution in [-0.2, 0) is 13.1 Å². The molecule has 0 aliphatic carbocycles. The molecule has 26 heavy (non-hydrogen) atoms. The Labute approximate surface area is 151 Å². The second-order valence-corrected chi connectivity index (χ2v) is 6.00. The van der Waals surface area contributed by atoms with Crippen molar-refractivity contribution in [2.75, 3.05) is 7.11 Å². The first kappa shape index (κ1) is 17.7. The van der Waals surface area contributed by atoms with E-state index in [0.717, 1.165) is 11.3 Å². The fraction of sp³-hybridized carbons (Fsp3) is 0.190. The maximum absolute atomic E-state index is 13.2. The maximum atomic E-state index is 13.2. The van der Waals surface area contributed by atoms with Gasteiger partial charge in [-0.25, -0.2) is 4.39 Å². The van der Waals surface area contributed by atoms with Gasteiger partial charge in [-0.2, -0.15) is 0 Å². The van der Waals surface area contributed by atoms with Gasteiger partial charge in [0.15, 0.2) is 0 Å². The first-order chi connectivity index (χ1) is 12.6. The molecular weight excluding hydrogens is 333 g/mol. The van der Waals surface area contributed by atoms with Crippen LogP contribution in [0.15, 0.2) is 65.1 Å². The first-order valence-corrected chi connectivity index (χ1v) is 8.29. The number of amides is 1. The molecule has 1 aromatic heterocycles. The molecule has 1 amide bonds. The molecule has 0 atom stereocenters. The summed E-state index contributed by atoms with van der Waals surface area (Å²) < 4.78 is 24.1. The van der Waals surface area contributed by atoms with Gasteiger partial charge in [0, 0.05) is 6.54 Å². The molecule has 1 heterocycles. The Balaban J connectivity index is 1.90. The van der Waals surface area contributed by atoms with Crippen molar-refractivity contribution in [1.29, 1.82) is 0 Å². The number of halogens is 1. The number of rotatable bonds is 6. The van der Waals surface area contributed by atoms with Crippen molar-refractivity contribution in [3.8, 4) is 5.75 Å². The molecule has 0 radical (unpaired) electrons. The normalized spacial score (nSPS) is 10.6. The summed E-state index contributed by atoms with van der Waals surface area (Å²) in [6, 6.07) is 16.9. The van der Waals surface area contributed by atoms with Gasteiger partial charge in [-0.1, -0.05) is 24.3 Å². The zero-order valence-electron chi connectivity index (χ0n) is 14.7. The highest BCUT2D eigenvalue weighted by Crippen LogP contribution is 2.22. The molecule has 0 saturated heterocycles. The smallest absolute Gasteiger partial charge is 0.258 e. The van der Waals surface area contributed by atoms with Gasteiger partial charge in [0.25, 0.3) is 5.91 Å². The Morgan fingerprint density at radius 2 is 1.77 bits per heavy atom. The number of aryl methyl sites for hydroxylation is 1. The molecule has 0 fully saturated rings. The monoisotopic (exact) mass is 353 g/mol. The van der Waals surface area contributed by atoms with Crippen molar-refractivity contribution in [3.05, 3.63) is 89.1 Å². The SMILES string of the molecule is COc1ccccc1C(=O)N(Cc1ccc(F)cc1)Cc1ccc(C)o1. The zero-order chi connectivity index (χ0) is 18.5. The van der Waals surface area contributed by atoms with Crippen LogP contribution in [0.1, 0.15) is 27.4 Å². The molecule has 0 N–H and O–H groups in total. The summed E-state index contributed by atoms with van der Waals surface area (Å²) in [5, 5.41) is 0. The van der Waals surface area contributed by atoms with Crippen LogP contribution >= 0.6 is 0 Å². The quantitative estimate of drug-likeness (QED) is 0.651. The molecule has 3 rings (SSSR count). The van der Waals surface area contributed by atoms with Gasteiger partial charge in [0.2, 0.25) is 0 Å². The standard InChI is InChI=1S/C21H20FNO3/c1-15-7-12-18(26-15)14-23(13-16-8-10-17(22)11-9-16)21(24)19-5-3-4-6-20(19)25-2/h3-12H,13-14H2,1-2H3. The van der Waals surface area contributed by atoms with Crippen LogP contribution in [0.3, 0.4) is 0 Å². The predicted octanol–water partition coefficient (Wildman–Crippen LogP) is 4.58. The summed E-state index contributed by atoms with van der Waals surface area (Å²) in [5.41, 5.74) is 1.30. The van der Waals surface area contributed by atoms with E-state index in [1.165, 1.54) is 19.2 Å². The van der Waals surface area contributed by atoms with E-state index in [1.54, 1.807) is 35.2 Å². The minimum Gasteiger partial charge on any atom is -0.496 e. The summed E-state index contributed by atoms with van der Waals surface area (Å²) in [6.07, 6.45) is 0. The zero-order valence-corrected chi connectivity index (χ0v) is 14.7. The lowest BCUT2D eigenvalue weighted by Crippen LogP contribution is -2.30. The summed E-state index contributed by atoms with van der Waals surface area (Å²) >= 11 is 0. The predicted molar refractivity (Wildman–Crippen MR) is 96.4 cm³/mol. The molecule has 3 aromatic rings. The number of methoxy groups -OCH3 is 1. The molecule has 0 unspecified atom stereocenters. The number of ether oxygens (including phenoxy) is 1. The van der Waals surface area contributed by atoms with Crippen molar-refractivity contribution in [1.82, 2.24) is 4.90 Å². The van der Waals surface area contributed by atoms with Gasteiger partial charge in [-0.3, -0.25) is 4.79 Å². The Bertz CT molecular complexity index is 886. The number of para-hydroxylation sites is 1. The van der Waals surface area contributed by atoms with E-state index in [0.29, 0.717) is 30.2 Å². The van der Waals surface area contributed by atoms with Crippen LogP contribution in [0.2, 0.25) is 0 Å². The van der Waals surface area contributed by atoms with E-state index >= 15 is 0 Å². The number of furan rings is 1. The molecule has 2 aromatic carbocycles. The van der Waals surface area contributed by atoms with Gasteiger partial charge in [-0.05, 0) is 48.9 Å². The second kappa shape index (κ2) is 7.87. The first-order valence-electron chi connectivity index (χ1n) is 8.29. The number of carbonyl (C=O) groups is 1. The number of hydrogen-bond acceptors (Lipinski definition) is 3. The summed E-state index contributed by atoms with van der Waals surface area (Å²) in [6.45, 7) is 2.49. The lowest BCUT2D eigenvalue weighted by atomic mass is 10.1. The van der Waals surface area contributed by atoms with E-state index in [2.05, 4.69) is 0 Å². The molecule has 0 aliphatic rings. The maximum Gasteiger partial charge on any atom is 0.258 e. The van der Waals surface area contributed by atoms with Crippen LogP contribution in [0.4, 0.5) is 4.39 Å².